The summed E-state index contributed by atoms with van der Waals surface area (Å²) >= 11 is 1.71. The molecular formula is C16H14O2S. The van der Waals surface area contributed by atoms with Gasteiger partial charge in [-0.2, -0.15) is 0 Å². The number of benzene rings is 2. The van der Waals surface area contributed by atoms with E-state index in [9.17, 15) is 5.11 Å². The Balaban J connectivity index is 2.17. The number of rotatable bonds is 3. The molecule has 0 spiro atoms. The number of aliphatic hydroxyl groups excluding tert-OH is 1. The fourth-order valence-electron chi connectivity index (χ4n) is 2.23. The number of para-hydroxylation sites is 1. The van der Waals surface area contributed by atoms with Crippen molar-refractivity contribution in [3.63, 3.8) is 0 Å². The predicted octanol–water partition coefficient (Wildman–Crippen LogP) is 4.31. The fourth-order valence-corrected chi connectivity index (χ4v) is 2.64. The molecule has 0 saturated heterocycles. The molecule has 1 aromatic heterocycles. The van der Waals surface area contributed by atoms with Gasteiger partial charge in [-0.3, -0.25) is 0 Å². The summed E-state index contributed by atoms with van der Waals surface area (Å²) in [5, 5.41) is 10.6. The van der Waals surface area contributed by atoms with Crippen molar-refractivity contribution in [3.05, 3.63) is 54.1 Å². The third-order valence-corrected chi connectivity index (χ3v) is 3.95. The van der Waals surface area contributed by atoms with Crippen molar-refractivity contribution < 1.29 is 9.52 Å². The lowest BCUT2D eigenvalue weighted by Crippen LogP contribution is -1.85. The maximum Gasteiger partial charge on any atom is 0.140 e. The minimum absolute atomic E-state index is 0.0172. The van der Waals surface area contributed by atoms with Crippen molar-refractivity contribution in [3.8, 4) is 11.3 Å². The van der Waals surface area contributed by atoms with Crippen molar-refractivity contribution in [1.82, 2.24) is 0 Å². The molecule has 0 saturated carbocycles. The zero-order valence-corrected chi connectivity index (χ0v) is 11.4. The highest BCUT2D eigenvalue weighted by atomic mass is 32.2. The van der Waals surface area contributed by atoms with Crippen molar-refractivity contribution in [1.29, 1.82) is 0 Å². The third kappa shape index (κ3) is 2.15. The van der Waals surface area contributed by atoms with Crippen LogP contribution in [0.15, 0.2) is 57.8 Å². The van der Waals surface area contributed by atoms with E-state index in [-0.39, 0.29) is 6.61 Å². The van der Waals surface area contributed by atoms with E-state index in [1.54, 1.807) is 11.8 Å². The summed E-state index contributed by atoms with van der Waals surface area (Å²) in [6, 6.07) is 16.0. The van der Waals surface area contributed by atoms with E-state index in [2.05, 4.69) is 18.4 Å². The van der Waals surface area contributed by atoms with Gasteiger partial charge in [0.2, 0.25) is 0 Å². The Morgan fingerprint density at radius 3 is 2.47 bits per heavy atom. The van der Waals surface area contributed by atoms with Gasteiger partial charge in [-0.05, 0) is 24.5 Å². The molecule has 0 bridgehead atoms. The van der Waals surface area contributed by atoms with E-state index in [4.69, 9.17) is 4.42 Å². The Bertz CT molecular complexity index is 698. The van der Waals surface area contributed by atoms with Crippen LogP contribution in [0.4, 0.5) is 0 Å². The highest BCUT2D eigenvalue weighted by Gasteiger charge is 2.14. The van der Waals surface area contributed by atoms with Crippen molar-refractivity contribution in [2.75, 3.05) is 6.26 Å². The second-order valence-electron chi connectivity index (χ2n) is 4.29. The molecule has 0 aliphatic heterocycles. The summed E-state index contributed by atoms with van der Waals surface area (Å²) < 4.78 is 5.88. The van der Waals surface area contributed by atoms with E-state index >= 15 is 0 Å². The normalized spacial score (nSPS) is 11.1. The molecule has 1 heterocycles. The minimum atomic E-state index is -0.0172. The number of thioether (sulfide) groups is 1. The molecule has 0 amide bonds. The SMILES string of the molecule is CSc1ccc(-c2oc3ccccc3c2CO)cc1. The highest BCUT2D eigenvalue weighted by molar-refractivity contribution is 7.98. The first-order valence-corrected chi connectivity index (χ1v) is 7.31. The zero-order valence-electron chi connectivity index (χ0n) is 10.6. The number of aliphatic hydroxyl groups is 1. The molecule has 2 aromatic carbocycles. The van der Waals surface area contributed by atoms with Gasteiger partial charge in [0, 0.05) is 21.4 Å². The Morgan fingerprint density at radius 1 is 1.05 bits per heavy atom. The van der Waals surface area contributed by atoms with Gasteiger partial charge in [0.05, 0.1) is 6.61 Å². The van der Waals surface area contributed by atoms with Gasteiger partial charge in [-0.1, -0.05) is 30.3 Å². The van der Waals surface area contributed by atoms with E-state index in [1.165, 1.54) is 4.90 Å². The van der Waals surface area contributed by atoms with E-state index in [0.29, 0.717) is 0 Å². The minimum Gasteiger partial charge on any atom is -0.456 e. The quantitative estimate of drug-likeness (QED) is 0.720. The Labute approximate surface area is 116 Å². The van der Waals surface area contributed by atoms with Crippen LogP contribution >= 0.6 is 11.8 Å². The summed E-state index contributed by atoms with van der Waals surface area (Å²) in [6.45, 7) is -0.0172. The van der Waals surface area contributed by atoms with Crippen LogP contribution in [0.3, 0.4) is 0 Å². The number of fused-ring (bicyclic) bond motifs is 1. The van der Waals surface area contributed by atoms with E-state index in [0.717, 1.165) is 27.9 Å². The van der Waals surface area contributed by atoms with Crippen LogP contribution in [0.1, 0.15) is 5.56 Å². The number of furan rings is 1. The second kappa shape index (κ2) is 5.11. The Morgan fingerprint density at radius 2 is 1.79 bits per heavy atom. The maximum atomic E-state index is 9.60. The molecule has 0 aliphatic carbocycles. The van der Waals surface area contributed by atoms with Crippen molar-refractivity contribution in [2.45, 2.75) is 11.5 Å². The molecule has 19 heavy (non-hydrogen) atoms. The smallest absolute Gasteiger partial charge is 0.140 e. The van der Waals surface area contributed by atoms with Crippen molar-refractivity contribution in [2.24, 2.45) is 0 Å². The lowest BCUT2D eigenvalue weighted by Gasteiger charge is -2.01. The molecule has 3 rings (SSSR count). The molecular weight excluding hydrogens is 256 g/mol. The molecule has 3 aromatic rings. The molecule has 0 radical (unpaired) electrons. The van der Waals surface area contributed by atoms with Gasteiger partial charge in [0.15, 0.2) is 0 Å². The molecule has 0 unspecified atom stereocenters. The van der Waals surface area contributed by atoms with Gasteiger partial charge in [0.25, 0.3) is 0 Å². The fraction of sp³-hybridized carbons (Fsp3) is 0.125. The van der Waals surface area contributed by atoms with Crippen LogP contribution in [-0.2, 0) is 6.61 Å². The lowest BCUT2D eigenvalue weighted by molar-refractivity contribution is 0.282. The summed E-state index contributed by atoms with van der Waals surface area (Å²) in [4.78, 5) is 1.21. The number of hydrogen-bond acceptors (Lipinski definition) is 3. The van der Waals surface area contributed by atoms with Gasteiger partial charge in [-0.15, -0.1) is 11.8 Å². The average molecular weight is 270 g/mol. The first-order valence-electron chi connectivity index (χ1n) is 6.09. The second-order valence-corrected chi connectivity index (χ2v) is 5.17. The van der Waals surface area contributed by atoms with Crippen LogP contribution in [0, 0.1) is 0 Å². The summed E-state index contributed by atoms with van der Waals surface area (Å²) in [6.07, 6.45) is 2.05. The standard InChI is InChI=1S/C16H14O2S/c1-19-12-8-6-11(7-9-12)16-14(10-17)13-4-2-3-5-15(13)18-16/h2-9,17H,10H2,1H3. The van der Waals surface area contributed by atoms with Crippen LogP contribution in [0.5, 0.6) is 0 Å². The predicted molar refractivity (Wildman–Crippen MR) is 79.4 cm³/mol. The summed E-state index contributed by atoms with van der Waals surface area (Å²) in [5.41, 5.74) is 2.67. The van der Waals surface area contributed by atoms with Crippen LogP contribution < -0.4 is 0 Å². The molecule has 0 atom stereocenters. The monoisotopic (exact) mass is 270 g/mol. The maximum absolute atomic E-state index is 9.60. The largest absolute Gasteiger partial charge is 0.456 e. The average Bonchev–Trinajstić information content (AvgIpc) is 2.85. The van der Waals surface area contributed by atoms with E-state index in [1.807, 2.05) is 36.4 Å². The molecule has 0 fully saturated rings. The summed E-state index contributed by atoms with van der Waals surface area (Å²) in [7, 11) is 0. The molecule has 1 N–H and O–H groups in total. The van der Waals surface area contributed by atoms with Crippen molar-refractivity contribution >= 4 is 22.7 Å². The highest BCUT2D eigenvalue weighted by Crippen LogP contribution is 2.34. The van der Waals surface area contributed by atoms with Gasteiger partial charge in [-0.25, -0.2) is 0 Å². The van der Waals surface area contributed by atoms with E-state index < -0.39 is 0 Å². The zero-order chi connectivity index (χ0) is 13.2. The van der Waals surface area contributed by atoms with Crippen LogP contribution in [0.25, 0.3) is 22.3 Å². The molecule has 96 valence electrons. The molecule has 0 aliphatic rings. The summed E-state index contributed by atoms with van der Waals surface area (Å²) in [5.74, 6) is 0.761. The van der Waals surface area contributed by atoms with Gasteiger partial charge < -0.3 is 9.52 Å². The first-order chi connectivity index (χ1) is 9.33. The molecule has 3 heteroatoms. The first kappa shape index (κ1) is 12.3. The van der Waals surface area contributed by atoms with Gasteiger partial charge >= 0.3 is 0 Å². The Hall–Kier alpha value is -1.71. The van der Waals surface area contributed by atoms with Crippen LogP contribution in [0.2, 0.25) is 0 Å². The Kier molecular flexibility index (Phi) is 3.32. The third-order valence-electron chi connectivity index (χ3n) is 3.21. The van der Waals surface area contributed by atoms with Gasteiger partial charge in [0.1, 0.15) is 11.3 Å². The van der Waals surface area contributed by atoms with Crippen LogP contribution in [-0.4, -0.2) is 11.4 Å². The lowest BCUT2D eigenvalue weighted by atomic mass is 10.1. The number of hydrogen-bond donors (Lipinski definition) is 1. The topological polar surface area (TPSA) is 33.4 Å². The molecule has 2 nitrogen and oxygen atoms in total.